The van der Waals surface area contributed by atoms with Crippen LogP contribution in [-0.4, -0.2) is 46.0 Å². The monoisotopic (exact) mass is 489 g/mol. The molecule has 0 aliphatic heterocycles. The van der Waals surface area contributed by atoms with Gasteiger partial charge < -0.3 is 10.6 Å². The average molecular weight is 489 g/mol. The van der Waals surface area contributed by atoms with Gasteiger partial charge in [0.25, 0.3) is 0 Å². The number of halogens is 1. The van der Waals surface area contributed by atoms with Crippen LogP contribution < -0.4 is 10.6 Å². The molecule has 7 heteroatoms. The van der Waals surface area contributed by atoms with E-state index in [1.807, 2.05) is 19.1 Å². The van der Waals surface area contributed by atoms with E-state index in [0.29, 0.717) is 12.4 Å². The highest BCUT2D eigenvalue weighted by atomic mass is 127. The number of hydrogen-bond acceptors (Lipinski definition) is 3. The Morgan fingerprint density at radius 3 is 2.50 bits per heavy atom. The van der Waals surface area contributed by atoms with Crippen molar-refractivity contribution in [3.8, 4) is 0 Å². The van der Waals surface area contributed by atoms with Crippen molar-refractivity contribution < 1.29 is 8.42 Å². The third-order valence-corrected chi connectivity index (χ3v) is 5.03. The van der Waals surface area contributed by atoms with Crippen molar-refractivity contribution in [1.29, 1.82) is 0 Å². The smallest absolute Gasteiger partial charge is 0.191 e. The fourth-order valence-corrected chi connectivity index (χ4v) is 3.39. The molecule has 0 radical (unpaired) electrons. The quantitative estimate of drug-likeness (QED) is 0.357. The molecule has 0 fully saturated rings. The Morgan fingerprint density at radius 2 is 1.85 bits per heavy atom. The minimum Gasteiger partial charge on any atom is -0.356 e. The van der Waals surface area contributed by atoms with Crippen molar-refractivity contribution in [2.75, 3.05) is 25.6 Å². The SMILES string of the molecule is CN=C(NCCc1ccc2ccccc2c1)NC(C)CCS(C)(=O)=O.I. The van der Waals surface area contributed by atoms with Crippen LogP contribution in [0.2, 0.25) is 0 Å². The minimum atomic E-state index is -2.93. The number of sulfone groups is 1. The van der Waals surface area contributed by atoms with Crippen molar-refractivity contribution in [2.24, 2.45) is 4.99 Å². The Morgan fingerprint density at radius 1 is 1.15 bits per heavy atom. The van der Waals surface area contributed by atoms with Gasteiger partial charge in [0, 0.05) is 25.9 Å². The minimum absolute atomic E-state index is 0. The molecule has 0 spiro atoms. The first kappa shape index (κ1) is 22.7. The second-order valence-electron chi connectivity index (χ2n) is 6.39. The van der Waals surface area contributed by atoms with Crippen LogP contribution in [0.15, 0.2) is 47.5 Å². The van der Waals surface area contributed by atoms with Crippen LogP contribution in [0.3, 0.4) is 0 Å². The molecule has 26 heavy (non-hydrogen) atoms. The summed E-state index contributed by atoms with van der Waals surface area (Å²) in [5, 5.41) is 9.01. The summed E-state index contributed by atoms with van der Waals surface area (Å²) in [5.74, 6) is 0.872. The average Bonchev–Trinajstić information content (AvgIpc) is 2.58. The van der Waals surface area contributed by atoms with Crippen LogP contribution in [0, 0.1) is 0 Å². The summed E-state index contributed by atoms with van der Waals surface area (Å²) in [6, 6.07) is 14.9. The molecule has 0 aliphatic rings. The lowest BCUT2D eigenvalue weighted by Gasteiger charge is -2.17. The zero-order valence-electron chi connectivity index (χ0n) is 15.5. The Kier molecular flexibility index (Phi) is 9.35. The molecule has 0 saturated heterocycles. The van der Waals surface area contributed by atoms with Crippen molar-refractivity contribution in [3.63, 3.8) is 0 Å². The molecular formula is C19H28IN3O2S. The maximum absolute atomic E-state index is 11.2. The third-order valence-electron chi connectivity index (χ3n) is 4.05. The summed E-state index contributed by atoms with van der Waals surface area (Å²) in [7, 11) is -1.22. The predicted molar refractivity (Wildman–Crippen MR) is 121 cm³/mol. The largest absolute Gasteiger partial charge is 0.356 e. The molecule has 0 aliphatic carbocycles. The van der Waals surface area contributed by atoms with Crippen LogP contribution >= 0.6 is 24.0 Å². The first-order chi connectivity index (χ1) is 11.9. The van der Waals surface area contributed by atoms with Gasteiger partial charge in [0.1, 0.15) is 9.84 Å². The molecule has 2 aromatic carbocycles. The van der Waals surface area contributed by atoms with Gasteiger partial charge in [0.05, 0.1) is 5.75 Å². The van der Waals surface area contributed by atoms with Crippen molar-refractivity contribution >= 4 is 50.5 Å². The van der Waals surface area contributed by atoms with Crippen LogP contribution in [0.4, 0.5) is 0 Å². The molecule has 0 heterocycles. The van der Waals surface area contributed by atoms with E-state index in [0.717, 1.165) is 13.0 Å². The van der Waals surface area contributed by atoms with Gasteiger partial charge >= 0.3 is 0 Å². The Hall–Kier alpha value is -1.35. The summed E-state index contributed by atoms with van der Waals surface area (Å²) >= 11 is 0. The topological polar surface area (TPSA) is 70.6 Å². The normalized spacial score (nSPS) is 13.1. The highest BCUT2D eigenvalue weighted by Gasteiger charge is 2.09. The maximum Gasteiger partial charge on any atom is 0.191 e. The van der Waals surface area contributed by atoms with Crippen molar-refractivity contribution in [2.45, 2.75) is 25.8 Å². The van der Waals surface area contributed by atoms with E-state index in [1.165, 1.54) is 22.6 Å². The summed E-state index contributed by atoms with van der Waals surface area (Å²) in [5.41, 5.74) is 1.27. The van der Waals surface area contributed by atoms with E-state index in [-0.39, 0.29) is 35.8 Å². The lowest BCUT2D eigenvalue weighted by Crippen LogP contribution is -2.43. The second kappa shape index (κ2) is 10.7. The van der Waals surface area contributed by atoms with E-state index in [1.54, 1.807) is 7.05 Å². The first-order valence-corrected chi connectivity index (χ1v) is 10.6. The van der Waals surface area contributed by atoms with Gasteiger partial charge in [0.15, 0.2) is 5.96 Å². The maximum atomic E-state index is 11.2. The molecule has 1 atom stereocenters. The number of benzene rings is 2. The third kappa shape index (κ3) is 7.90. The molecule has 2 rings (SSSR count). The highest BCUT2D eigenvalue weighted by molar-refractivity contribution is 14.0. The van der Waals surface area contributed by atoms with E-state index in [2.05, 4.69) is 46.0 Å². The molecular weight excluding hydrogens is 461 g/mol. The van der Waals surface area contributed by atoms with E-state index >= 15 is 0 Å². The molecule has 2 N–H and O–H groups in total. The van der Waals surface area contributed by atoms with E-state index in [4.69, 9.17) is 0 Å². The number of aliphatic imine (C=N–C) groups is 1. The molecule has 0 saturated carbocycles. The zero-order chi connectivity index (χ0) is 18.3. The number of fused-ring (bicyclic) bond motifs is 1. The molecule has 0 aromatic heterocycles. The van der Waals surface area contributed by atoms with Gasteiger partial charge in [-0.1, -0.05) is 42.5 Å². The number of rotatable bonds is 7. The van der Waals surface area contributed by atoms with Crippen LogP contribution in [0.5, 0.6) is 0 Å². The lowest BCUT2D eigenvalue weighted by molar-refractivity contribution is 0.581. The zero-order valence-corrected chi connectivity index (χ0v) is 18.7. The summed E-state index contributed by atoms with van der Waals surface area (Å²) in [4.78, 5) is 4.20. The van der Waals surface area contributed by atoms with E-state index < -0.39 is 9.84 Å². The summed E-state index contributed by atoms with van der Waals surface area (Å²) < 4.78 is 22.5. The predicted octanol–water partition coefficient (Wildman–Crippen LogP) is 2.99. The number of nitrogens with zero attached hydrogens (tertiary/aromatic N) is 1. The van der Waals surface area contributed by atoms with Gasteiger partial charge in [-0.3, -0.25) is 4.99 Å². The molecule has 144 valence electrons. The Labute approximate surface area is 173 Å². The lowest BCUT2D eigenvalue weighted by atomic mass is 10.1. The van der Waals surface area contributed by atoms with Gasteiger partial charge in [-0.25, -0.2) is 8.42 Å². The van der Waals surface area contributed by atoms with Gasteiger partial charge in [-0.2, -0.15) is 0 Å². The molecule has 0 amide bonds. The number of nitrogens with one attached hydrogen (secondary N) is 2. The van der Waals surface area contributed by atoms with E-state index in [9.17, 15) is 8.42 Å². The van der Waals surface area contributed by atoms with Crippen LogP contribution in [0.1, 0.15) is 18.9 Å². The van der Waals surface area contributed by atoms with Gasteiger partial charge in [0.2, 0.25) is 0 Å². The molecule has 0 bridgehead atoms. The van der Waals surface area contributed by atoms with Gasteiger partial charge in [-0.15, -0.1) is 24.0 Å². The van der Waals surface area contributed by atoms with Gasteiger partial charge in [-0.05, 0) is 36.1 Å². The second-order valence-corrected chi connectivity index (χ2v) is 8.65. The number of guanidine groups is 1. The summed E-state index contributed by atoms with van der Waals surface area (Å²) in [6.45, 7) is 2.72. The molecule has 1 unspecified atom stereocenters. The fourth-order valence-electron chi connectivity index (χ4n) is 2.61. The van der Waals surface area contributed by atoms with Crippen molar-refractivity contribution in [3.05, 3.63) is 48.0 Å². The summed E-state index contributed by atoms with van der Waals surface area (Å²) in [6.07, 6.45) is 2.71. The molecule has 2 aromatic rings. The Balaban J connectivity index is 0.00000338. The fraction of sp³-hybridized carbons (Fsp3) is 0.421. The first-order valence-electron chi connectivity index (χ1n) is 8.50. The highest BCUT2D eigenvalue weighted by Crippen LogP contribution is 2.15. The van der Waals surface area contributed by atoms with Crippen LogP contribution in [-0.2, 0) is 16.3 Å². The standard InChI is InChI=1S/C19H27N3O2S.HI/c1-15(11-13-25(3,23)24)22-19(20-2)21-12-10-16-8-9-17-6-4-5-7-18(17)14-16;/h4-9,14-15H,10-13H2,1-3H3,(H2,20,21,22);1H. The van der Waals surface area contributed by atoms with Crippen molar-refractivity contribution in [1.82, 2.24) is 10.6 Å². The Bertz CT molecular complexity index is 838. The molecule has 5 nitrogen and oxygen atoms in total. The van der Waals surface area contributed by atoms with Crippen LogP contribution in [0.25, 0.3) is 10.8 Å². The number of hydrogen-bond donors (Lipinski definition) is 2.